The highest BCUT2D eigenvalue weighted by atomic mass is 32.1. The van der Waals surface area contributed by atoms with Crippen LogP contribution in [0.3, 0.4) is 0 Å². The van der Waals surface area contributed by atoms with Crippen molar-refractivity contribution in [3.8, 4) is 0 Å². The summed E-state index contributed by atoms with van der Waals surface area (Å²) in [6.45, 7) is 0.726. The molecule has 2 heterocycles. The predicted octanol–water partition coefficient (Wildman–Crippen LogP) is 5.05. The lowest BCUT2D eigenvalue weighted by Gasteiger charge is -2.23. The van der Waals surface area contributed by atoms with E-state index in [2.05, 4.69) is 10.3 Å². The van der Waals surface area contributed by atoms with E-state index in [4.69, 9.17) is 12.2 Å². The Morgan fingerprint density at radius 2 is 1.97 bits per heavy atom. The lowest BCUT2D eigenvalue weighted by molar-refractivity contribution is -0.119. The third-order valence-electron chi connectivity index (χ3n) is 7.02. The van der Waals surface area contributed by atoms with Crippen molar-refractivity contribution in [1.82, 2.24) is 10.3 Å². The zero-order chi connectivity index (χ0) is 22.9. The van der Waals surface area contributed by atoms with Gasteiger partial charge in [0.15, 0.2) is 0 Å². The Labute approximate surface area is 203 Å². The highest BCUT2D eigenvalue weighted by Crippen LogP contribution is 2.40. The van der Waals surface area contributed by atoms with Crippen LogP contribution < -0.4 is 5.32 Å². The number of Topliss-reactive ketones (excluding diaryl/α,β-unsaturated/α-hetero) is 1. The van der Waals surface area contributed by atoms with Gasteiger partial charge in [-0.3, -0.25) is 9.59 Å². The van der Waals surface area contributed by atoms with Gasteiger partial charge in [0.1, 0.15) is 5.78 Å². The van der Waals surface area contributed by atoms with Gasteiger partial charge in [-0.05, 0) is 79.7 Å². The molecular weight excluding hydrogens is 455 g/mol. The standard InChI is InChI=1S/C26H29FN2O2S2/c27-25-18(2-1-9-28-25)12-19(32)10-16-5-8-22-20(11-16)24(26(31)29-14-15-3-4-15)23(33-22)13-21(30)17-6-7-17/h1-2,9,15-17H,3-8,10-14H2,(H,29,31)/t16-/m1/s1. The largest absolute Gasteiger partial charge is 0.352 e. The van der Waals surface area contributed by atoms with E-state index in [-0.39, 0.29) is 17.6 Å². The normalized spacial score (nSPS) is 19.7. The van der Waals surface area contributed by atoms with Crippen molar-refractivity contribution in [2.75, 3.05) is 6.54 Å². The number of carbonyl (C=O) groups excluding carboxylic acids is 2. The average molecular weight is 485 g/mol. The topological polar surface area (TPSA) is 59.1 Å². The van der Waals surface area contributed by atoms with Crippen LogP contribution in [-0.4, -0.2) is 28.1 Å². The fourth-order valence-electron chi connectivity index (χ4n) is 4.79. The van der Waals surface area contributed by atoms with Gasteiger partial charge in [0.2, 0.25) is 5.95 Å². The number of nitrogens with one attached hydrogen (secondary N) is 1. The molecule has 33 heavy (non-hydrogen) atoms. The summed E-state index contributed by atoms with van der Waals surface area (Å²) in [6, 6.07) is 3.47. The van der Waals surface area contributed by atoms with Gasteiger partial charge < -0.3 is 5.32 Å². The summed E-state index contributed by atoms with van der Waals surface area (Å²) in [6.07, 6.45) is 10.0. The van der Waals surface area contributed by atoms with Gasteiger partial charge in [-0.15, -0.1) is 11.3 Å². The lowest BCUT2D eigenvalue weighted by Crippen LogP contribution is -2.28. The Kier molecular flexibility index (Phi) is 6.70. The second-order valence-electron chi connectivity index (χ2n) is 9.85. The van der Waals surface area contributed by atoms with E-state index in [1.54, 1.807) is 23.5 Å². The van der Waals surface area contributed by atoms with Gasteiger partial charge in [-0.2, -0.15) is 4.39 Å². The number of rotatable bonds is 10. The summed E-state index contributed by atoms with van der Waals surface area (Å²) < 4.78 is 13.9. The van der Waals surface area contributed by atoms with Crippen molar-refractivity contribution in [1.29, 1.82) is 0 Å². The minimum atomic E-state index is -0.455. The predicted molar refractivity (Wildman–Crippen MR) is 131 cm³/mol. The number of thiocarbonyl (C=S) groups is 1. The van der Waals surface area contributed by atoms with Gasteiger partial charge in [0.05, 0.1) is 5.56 Å². The molecule has 0 spiro atoms. The molecule has 0 unspecified atom stereocenters. The number of hydrogen-bond donors (Lipinski definition) is 1. The van der Waals surface area contributed by atoms with Gasteiger partial charge in [-0.1, -0.05) is 18.3 Å². The molecule has 174 valence electrons. The number of halogens is 1. The van der Waals surface area contributed by atoms with Crippen molar-refractivity contribution < 1.29 is 14.0 Å². The Hall–Kier alpha value is -1.99. The van der Waals surface area contributed by atoms with Gasteiger partial charge in [0, 0.05) is 46.8 Å². The maximum absolute atomic E-state index is 13.9. The van der Waals surface area contributed by atoms with Gasteiger partial charge >= 0.3 is 0 Å². The number of thiophene rings is 1. The van der Waals surface area contributed by atoms with Crippen molar-refractivity contribution in [3.63, 3.8) is 0 Å². The molecule has 1 amide bonds. The van der Waals surface area contributed by atoms with Gasteiger partial charge in [0.25, 0.3) is 5.91 Å². The SMILES string of the molecule is O=C(NCC1CC1)c1c(CC(=O)C2CC2)sc2c1C[C@@H](CC(=S)Cc1cccnc1F)CC2. The zero-order valence-electron chi connectivity index (χ0n) is 18.7. The first-order chi connectivity index (χ1) is 16.0. The molecule has 1 atom stereocenters. The van der Waals surface area contributed by atoms with Crippen LogP contribution >= 0.6 is 23.6 Å². The van der Waals surface area contributed by atoms with E-state index < -0.39 is 5.95 Å². The maximum Gasteiger partial charge on any atom is 0.252 e. The van der Waals surface area contributed by atoms with E-state index in [1.807, 2.05) is 0 Å². The third kappa shape index (κ3) is 5.57. The Morgan fingerprint density at radius 1 is 1.15 bits per heavy atom. The Bertz CT molecular complexity index is 1090. The average Bonchev–Trinajstić information content (AvgIpc) is 3.70. The molecular formula is C26H29FN2O2S2. The highest BCUT2D eigenvalue weighted by molar-refractivity contribution is 7.80. The van der Waals surface area contributed by atoms with Crippen molar-refractivity contribution in [2.45, 2.75) is 64.2 Å². The number of fused-ring (bicyclic) bond motifs is 1. The summed E-state index contributed by atoms with van der Waals surface area (Å²) in [4.78, 5) is 32.5. The van der Waals surface area contributed by atoms with Crippen molar-refractivity contribution in [3.05, 3.63) is 50.7 Å². The molecule has 0 bridgehead atoms. The Balaban J connectivity index is 1.31. The minimum Gasteiger partial charge on any atom is -0.352 e. The first-order valence-electron chi connectivity index (χ1n) is 12.0. The highest BCUT2D eigenvalue weighted by Gasteiger charge is 2.34. The van der Waals surface area contributed by atoms with Crippen LogP contribution in [0.1, 0.15) is 69.8 Å². The van der Waals surface area contributed by atoms with Crippen LogP contribution in [-0.2, 0) is 30.5 Å². The molecule has 3 aliphatic rings. The molecule has 5 rings (SSSR count). The summed E-state index contributed by atoms with van der Waals surface area (Å²) in [5.41, 5.74) is 2.42. The Morgan fingerprint density at radius 3 is 2.70 bits per heavy atom. The first kappa shape index (κ1) is 22.8. The van der Waals surface area contributed by atoms with Crippen LogP contribution in [0.25, 0.3) is 0 Å². The second kappa shape index (κ2) is 9.71. The molecule has 3 aliphatic carbocycles. The number of carbonyl (C=O) groups is 2. The molecule has 2 fully saturated rings. The fourth-order valence-corrected chi connectivity index (χ4v) is 6.54. The number of amides is 1. The zero-order valence-corrected chi connectivity index (χ0v) is 20.3. The van der Waals surface area contributed by atoms with Crippen molar-refractivity contribution in [2.24, 2.45) is 17.8 Å². The second-order valence-corrected chi connectivity index (χ2v) is 11.6. The number of hydrogen-bond acceptors (Lipinski definition) is 5. The molecule has 0 radical (unpaired) electrons. The van der Waals surface area contributed by atoms with Crippen LogP contribution in [0.15, 0.2) is 18.3 Å². The summed E-state index contributed by atoms with van der Waals surface area (Å²) >= 11 is 7.29. The van der Waals surface area contributed by atoms with Crippen molar-refractivity contribution >= 4 is 40.1 Å². The monoisotopic (exact) mass is 484 g/mol. The third-order valence-corrected chi connectivity index (χ3v) is 8.62. The molecule has 2 aromatic rings. The van der Waals surface area contributed by atoms with E-state index >= 15 is 0 Å². The molecule has 4 nitrogen and oxygen atoms in total. The lowest BCUT2D eigenvalue weighted by atomic mass is 9.82. The molecule has 7 heteroatoms. The molecule has 1 N–H and O–H groups in total. The number of nitrogens with zero attached hydrogens (tertiary/aromatic N) is 1. The maximum atomic E-state index is 13.9. The van der Waals surface area contributed by atoms with Crippen LogP contribution in [0, 0.1) is 23.7 Å². The van der Waals surface area contributed by atoms with E-state index in [0.29, 0.717) is 30.2 Å². The molecule has 0 saturated heterocycles. The smallest absolute Gasteiger partial charge is 0.252 e. The van der Waals surface area contributed by atoms with Crippen LogP contribution in [0.5, 0.6) is 0 Å². The summed E-state index contributed by atoms with van der Waals surface area (Å²) in [5, 5.41) is 3.13. The number of aryl methyl sites for hydroxylation is 1. The van der Waals surface area contributed by atoms with E-state index in [1.165, 1.54) is 23.9 Å². The minimum absolute atomic E-state index is 0.0151. The summed E-state index contributed by atoms with van der Waals surface area (Å²) in [5.74, 6) is 0.951. The molecule has 2 aromatic heterocycles. The molecule has 0 aliphatic heterocycles. The summed E-state index contributed by atoms with van der Waals surface area (Å²) in [7, 11) is 0. The number of aromatic nitrogens is 1. The quantitative estimate of drug-likeness (QED) is 0.379. The number of pyridine rings is 1. The molecule has 0 aromatic carbocycles. The van der Waals surface area contributed by atoms with Crippen LogP contribution in [0.4, 0.5) is 4.39 Å². The number of ketones is 1. The fraction of sp³-hybridized carbons (Fsp3) is 0.538. The van der Waals surface area contributed by atoms with Crippen LogP contribution in [0.2, 0.25) is 0 Å². The van der Waals surface area contributed by atoms with E-state index in [0.717, 1.165) is 65.9 Å². The first-order valence-corrected chi connectivity index (χ1v) is 13.3. The van der Waals surface area contributed by atoms with Gasteiger partial charge in [-0.25, -0.2) is 4.98 Å². The molecule has 2 saturated carbocycles. The van der Waals surface area contributed by atoms with E-state index in [9.17, 15) is 14.0 Å².